The van der Waals surface area contributed by atoms with Crippen molar-refractivity contribution in [2.75, 3.05) is 26.7 Å². The second-order valence-electron chi connectivity index (χ2n) is 7.94. The number of aromatic nitrogens is 1. The monoisotopic (exact) mass is 439 g/mol. The quantitative estimate of drug-likeness (QED) is 0.538. The molecule has 32 heavy (non-hydrogen) atoms. The Morgan fingerprint density at radius 3 is 2.69 bits per heavy atom. The van der Waals surface area contributed by atoms with Crippen molar-refractivity contribution in [3.8, 4) is 11.5 Å². The number of aryl methyl sites for hydroxylation is 2. The number of rotatable bonds is 9. The first-order valence-corrected chi connectivity index (χ1v) is 10.8. The molecule has 1 aliphatic heterocycles. The maximum absolute atomic E-state index is 12.9. The number of hydrogen-bond donors (Lipinski definition) is 1. The van der Waals surface area contributed by atoms with E-state index in [1.807, 2.05) is 26.0 Å². The first-order chi connectivity index (χ1) is 15.6. The van der Waals surface area contributed by atoms with Gasteiger partial charge in [0, 0.05) is 12.1 Å². The van der Waals surface area contributed by atoms with Gasteiger partial charge in [0.05, 0.1) is 30.7 Å². The topological polar surface area (TPSA) is 90.0 Å². The van der Waals surface area contributed by atoms with Gasteiger partial charge in [0.1, 0.15) is 18.1 Å². The number of likely N-dealkylation sites (tertiary alicyclic amines) is 1. The summed E-state index contributed by atoms with van der Waals surface area (Å²) >= 11 is 0. The molecule has 1 atom stereocenters. The Balaban J connectivity index is 1.42. The third kappa shape index (κ3) is 4.80. The van der Waals surface area contributed by atoms with E-state index in [0.29, 0.717) is 30.2 Å². The third-order valence-electron chi connectivity index (χ3n) is 5.89. The molecule has 8 heteroatoms. The van der Waals surface area contributed by atoms with Crippen LogP contribution in [0.2, 0.25) is 0 Å². The molecule has 0 radical (unpaired) electrons. The molecule has 3 aromatic rings. The van der Waals surface area contributed by atoms with E-state index in [9.17, 15) is 4.79 Å². The van der Waals surface area contributed by atoms with Crippen LogP contribution in [0.3, 0.4) is 0 Å². The lowest BCUT2D eigenvalue weighted by atomic mass is 10.1. The van der Waals surface area contributed by atoms with Crippen LogP contribution in [0.5, 0.6) is 11.5 Å². The van der Waals surface area contributed by atoms with Gasteiger partial charge in [-0.15, -0.1) is 0 Å². The van der Waals surface area contributed by atoms with Crippen molar-refractivity contribution in [1.29, 1.82) is 0 Å². The molecule has 8 nitrogen and oxygen atoms in total. The average molecular weight is 440 g/mol. The smallest absolute Gasteiger partial charge is 0.251 e. The number of benzene rings is 1. The van der Waals surface area contributed by atoms with Crippen LogP contribution in [0.4, 0.5) is 0 Å². The lowest BCUT2D eigenvalue weighted by Crippen LogP contribution is -2.36. The molecule has 0 spiro atoms. The first-order valence-electron chi connectivity index (χ1n) is 10.8. The first kappa shape index (κ1) is 22.0. The minimum Gasteiger partial charge on any atom is -0.493 e. The van der Waals surface area contributed by atoms with E-state index in [2.05, 4.69) is 15.4 Å². The van der Waals surface area contributed by atoms with Crippen molar-refractivity contribution in [2.45, 2.75) is 39.3 Å². The van der Waals surface area contributed by atoms with Crippen molar-refractivity contribution >= 4 is 5.91 Å². The highest BCUT2D eigenvalue weighted by molar-refractivity contribution is 5.94. The van der Waals surface area contributed by atoms with Crippen LogP contribution in [0, 0.1) is 13.8 Å². The molecule has 2 aromatic heterocycles. The molecule has 1 N–H and O–H groups in total. The van der Waals surface area contributed by atoms with Gasteiger partial charge < -0.3 is 23.7 Å². The maximum atomic E-state index is 12.9. The van der Waals surface area contributed by atoms with Gasteiger partial charge in [-0.2, -0.15) is 0 Å². The molecule has 1 aliphatic rings. The van der Waals surface area contributed by atoms with E-state index >= 15 is 0 Å². The zero-order valence-corrected chi connectivity index (χ0v) is 18.7. The number of hydrogen-bond acceptors (Lipinski definition) is 7. The molecule has 3 heterocycles. The molecular formula is C24H29N3O5. The lowest BCUT2D eigenvalue weighted by Gasteiger charge is -2.26. The maximum Gasteiger partial charge on any atom is 0.251 e. The summed E-state index contributed by atoms with van der Waals surface area (Å²) in [5.74, 6) is 2.46. The largest absolute Gasteiger partial charge is 0.493 e. The molecule has 1 fully saturated rings. The van der Waals surface area contributed by atoms with Crippen LogP contribution >= 0.6 is 0 Å². The number of amides is 1. The van der Waals surface area contributed by atoms with E-state index in [4.69, 9.17) is 18.4 Å². The van der Waals surface area contributed by atoms with Crippen LogP contribution in [-0.2, 0) is 6.61 Å². The number of methoxy groups -OCH3 is 1. The predicted molar refractivity (Wildman–Crippen MR) is 118 cm³/mol. The van der Waals surface area contributed by atoms with Gasteiger partial charge in [0.2, 0.25) is 0 Å². The van der Waals surface area contributed by atoms with Gasteiger partial charge in [-0.1, -0.05) is 5.16 Å². The Morgan fingerprint density at radius 1 is 1.22 bits per heavy atom. The Hall–Kier alpha value is -3.26. The summed E-state index contributed by atoms with van der Waals surface area (Å²) in [6, 6.07) is 9.04. The SMILES string of the molecule is COc1cc(C(=O)NC[C@H](c2ccco2)N2CCCC2)ccc1OCc1c(C)noc1C. The van der Waals surface area contributed by atoms with Crippen molar-refractivity contribution in [2.24, 2.45) is 0 Å². The highest BCUT2D eigenvalue weighted by atomic mass is 16.5. The summed E-state index contributed by atoms with van der Waals surface area (Å²) in [5.41, 5.74) is 2.20. The summed E-state index contributed by atoms with van der Waals surface area (Å²) in [7, 11) is 1.56. The van der Waals surface area contributed by atoms with Gasteiger partial charge in [-0.3, -0.25) is 9.69 Å². The average Bonchev–Trinajstić information content (AvgIpc) is 3.57. The number of nitrogens with one attached hydrogen (secondary N) is 1. The van der Waals surface area contributed by atoms with Crippen molar-refractivity contribution in [3.63, 3.8) is 0 Å². The van der Waals surface area contributed by atoms with Crippen molar-refractivity contribution in [1.82, 2.24) is 15.4 Å². The molecule has 0 unspecified atom stereocenters. The molecule has 0 bridgehead atoms. The Labute approximate surface area is 187 Å². The molecule has 1 amide bonds. The van der Waals surface area contributed by atoms with Crippen molar-refractivity contribution in [3.05, 3.63) is 64.9 Å². The van der Waals surface area contributed by atoms with Gasteiger partial charge in [-0.25, -0.2) is 0 Å². The molecule has 170 valence electrons. The number of nitrogens with zero attached hydrogens (tertiary/aromatic N) is 2. The van der Waals surface area contributed by atoms with Crippen LogP contribution in [-0.4, -0.2) is 42.7 Å². The molecule has 0 saturated carbocycles. The Kier molecular flexibility index (Phi) is 6.80. The minimum atomic E-state index is -0.170. The second kappa shape index (κ2) is 9.91. The molecular weight excluding hydrogens is 410 g/mol. The fourth-order valence-corrected chi connectivity index (χ4v) is 4.02. The van der Waals surface area contributed by atoms with E-state index in [-0.39, 0.29) is 11.9 Å². The fraction of sp³-hybridized carbons (Fsp3) is 0.417. The Bertz CT molecular complexity index is 1020. The summed E-state index contributed by atoms with van der Waals surface area (Å²) in [6.07, 6.45) is 4.00. The van der Waals surface area contributed by atoms with Crippen LogP contribution in [0.25, 0.3) is 0 Å². The fourth-order valence-electron chi connectivity index (χ4n) is 4.02. The summed E-state index contributed by atoms with van der Waals surface area (Å²) in [5, 5.41) is 6.99. The molecule has 0 aliphatic carbocycles. The third-order valence-corrected chi connectivity index (χ3v) is 5.89. The highest BCUT2D eigenvalue weighted by Gasteiger charge is 2.26. The Morgan fingerprint density at radius 2 is 2.03 bits per heavy atom. The van der Waals surface area contributed by atoms with Crippen molar-refractivity contribution < 1.29 is 23.2 Å². The zero-order valence-electron chi connectivity index (χ0n) is 18.7. The molecule has 4 rings (SSSR count). The standard InChI is InChI=1S/C24H29N3O5/c1-16-19(17(2)32-26-16)15-31-22-9-8-18(13-23(22)29-3)24(28)25-14-20(21-7-6-12-30-21)27-10-4-5-11-27/h6-9,12-13,20H,4-5,10-11,14-15H2,1-3H3,(H,25,28)/t20-/m1/s1. The van der Waals surface area contributed by atoms with Gasteiger partial charge in [0.15, 0.2) is 11.5 Å². The van der Waals surface area contributed by atoms with Crippen LogP contribution < -0.4 is 14.8 Å². The highest BCUT2D eigenvalue weighted by Crippen LogP contribution is 2.30. The van der Waals surface area contributed by atoms with E-state index < -0.39 is 0 Å². The van der Waals surface area contributed by atoms with Crippen LogP contribution in [0.15, 0.2) is 45.5 Å². The minimum absolute atomic E-state index is 0.0241. The second-order valence-corrected chi connectivity index (χ2v) is 7.94. The van der Waals surface area contributed by atoms with E-state index in [0.717, 1.165) is 48.7 Å². The summed E-state index contributed by atoms with van der Waals surface area (Å²) < 4.78 is 22.2. The number of ether oxygens (including phenoxy) is 2. The van der Waals surface area contributed by atoms with Gasteiger partial charge in [-0.05, 0) is 70.1 Å². The van der Waals surface area contributed by atoms with Gasteiger partial charge >= 0.3 is 0 Å². The molecule has 1 saturated heterocycles. The lowest BCUT2D eigenvalue weighted by molar-refractivity contribution is 0.0933. The van der Waals surface area contributed by atoms with Gasteiger partial charge in [0.25, 0.3) is 5.91 Å². The number of furan rings is 1. The van der Waals surface area contributed by atoms with E-state index in [1.165, 1.54) is 0 Å². The molecule has 1 aromatic carbocycles. The summed E-state index contributed by atoms with van der Waals surface area (Å²) in [6.45, 7) is 6.51. The zero-order chi connectivity index (χ0) is 22.5. The normalized spacial score (nSPS) is 15.0. The van der Waals surface area contributed by atoms with Crippen LogP contribution in [0.1, 0.15) is 52.0 Å². The number of carbonyl (C=O) groups excluding carboxylic acids is 1. The predicted octanol–water partition coefficient (Wildman–Crippen LogP) is 4.04. The summed E-state index contributed by atoms with van der Waals surface area (Å²) in [4.78, 5) is 15.2. The van der Waals surface area contributed by atoms with E-state index in [1.54, 1.807) is 31.6 Å². The number of carbonyl (C=O) groups is 1.